The summed E-state index contributed by atoms with van der Waals surface area (Å²) in [4.78, 5) is 12.4. The SMILES string of the molecule is C[C@]12CC[C@@](O)(C(F)(F)C(F)(F)C(F)(F)F)C=C1CC[C@@H]1[C@@H]2CC[C@]2(C)C(=O)CC[C@@H]12. The van der Waals surface area contributed by atoms with Gasteiger partial charge in [-0.05, 0) is 74.2 Å². The highest BCUT2D eigenvalue weighted by Crippen LogP contribution is 2.66. The number of Topliss-reactive ketones (excluding diaryl/α,β-unsaturated/α-hetero) is 1. The van der Waals surface area contributed by atoms with Gasteiger partial charge in [-0.25, -0.2) is 0 Å². The van der Waals surface area contributed by atoms with Gasteiger partial charge in [0.1, 0.15) is 5.78 Å². The summed E-state index contributed by atoms with van der Waals surface area (Å²) in [6, 6.07) is 0. The van der Waals surface area contributed by atoms with Gasteiger partial charge in [-0.15, -0.1) is 0 Å². The molecule has 0 aromatic heterocycles. The molecule has 0 amide bonds. The summed E-state index contributed by atoms with van der Waals surface area (Å²) in [6.07, 6.45) is -3.43. The molecule has 0 aromatic rings. The molecule has 2 nitrogen and oxygen atoms in total. The van der Waals surface area contributed by atoms with E-state index in [1.807, 2.05) is 13.8 Å². The maximum Gasteiger partial charge on any atom is 0.460 e. The van der Waals surface area contributed by atoms with Crippen molar-refractivity contribution in [3.8, 4) is 0 Å². The number of halogens is 7. The first-order valence-corrected chi connectivity index (χ1v) is 10.8. The summed E-state index contributed by atoms with van der Waals surface area (Å²) in [5.74, 6) is -11.4. The average Bonchev–Trinajstić information content (AvgIpc) is 2.96. The van der Waals surface area contributed by atoms with Crippen LogP contribution in [-0.2, 0) is 4.79 Å². The first-order chi connectivity index (χ1) is 14.0. The van der Waals surface area contributed by atoms with E-state index in [0.717, 1.165) is 6.42 Å². The zero-order valence-electron chi connectivity index (χ0n) is 17.5. The smallest absolute Gasteiger partial charge is 0.379 e. The van der Waals surface area contributed by atoms with E-state index >= 15 is 0 Å². The van der Waals surface area contributed by atoms with E-state index in [1.165, 1.54) is 0 Å². The number of carbonyl (C=O) groups is 1. The van der Waals surface area contributed by atoms with Crippen LogP contribution in [0.4, 0.5) is 30.7 Å². The van der Waals surface area contributed by atoms with Gasteiger partial charge in [0.15, 0.2) is 5.60 Å². The number of rotatable bonds is 2. The van der Waals surface area contributed by atoms with Crippen molar-refractivity contribution >= 4 is 5.78 Å². The van der Waals surface area contributed by atoms with Crippen LogP contribution >= 0.6 is 0 Å². The van der Waals surface area contributed by atoms with E-state index in [4.69, 9.17) is 0 Å². The first-order valence-electron chi connectivity index (χ1n) is 10.8. The highest BCUT2D eigenvalue weighted by Gasteiger charge is 2.79. The van der Waals surface area contributed by atoms with Crippen molar-refractivity contribution in [2.24, 2.45) is 28.6 Å². The molecule has 4 aliphatic rings. The fraction of sp³-hybridized carbons (Fsp3) is 0.864. The minimum atomic E-state index is -6.48. The van der Waals surface area contributed by atoms with Crippen molar-refractivity contribution < 1.29 is 40.6 Å². The normalized spacial score (nSPS) is 43.7. The Morgan fingerprint density at radius 3 is 2.10 bits per heavy atom. The van der Waals surface area contributed by atoms with Crippen molar-refractivity contribution in [2.75, 3.05) is 0 Å². The van der Waals surface area contributed by atoms with E-state index in [2.05, 4.69) is 0 Å². The molecule has 3 fully saturated rings. The molecular formula is C22H27F7O2. The molecule has 176 valence electrons. The van der Waals surface area contributed by atoms with Gasteiger partial charge in [0.2, 0.25) is 0 Å². The van der Waals surface area contributed by atoms with Crippen molar-refractivity contribution in [3.63, 3.8) is 0 Å². The van der Waals surface area contributed by atoms with E-state index < -0.39 is 40.9 Å². The van der Waals surface area contributed by atoms with Crippen LogP contribution in [0.2, 0.25) is 0 Å². The molecule has 6 atom stereocenters. The molecule has 3 saturated carbocycles. The summed E-state index contributed by atoms with van der Waals surface area (Å²) in [7, 11) is 0. The van der Waals surface area contributed by atoms with Crippen LogP contribution in [0.5, 0.6) is 0 Å². The molecule has 31 heavy (non-hydrogen) atoms. The molecule has 0 unspecified atom stereocenters. The average molecular weight is 456 g/mol. The van der Waals surface area contributed by atoms with E-state index in [0.29, 0.717) is 37.3 Å². The van der Waals surface area contributed by atoms with Crippen LogP contribution < -0.4 is 0 Å². The Balaban J connectivity index is 1.68. The molecular weight excluding hydrogens is 429 g/mol. The lowest BCUT2D eigenvalue weighted by Gasteiger charge is -2.58. The van der Waals surface area contributed by atoms with Gasteiger partial charge in [-0.2, -0.15) is 30.7 Å². The van der Waals surface area contributed by atoms with Gasteiger partial charge < -0.3 is 5.11 Å². The van der Waals surface area contributed by atoms with Crippen LogP contribution in [0.15, 0.2) is 11.6 Å². The van der Waals surface area contributed by atoms with Crippen molar-refractivity contribution in [1.29, 1.82) is 0 Å². The maximum atomic E-state index is 14.5. The van der Waals surface area contributed by atoms with Crippen LogP contribution in [-0.4, -0.2) is 34.5 Å². The number of fused-ring (bicyclic) bond motifs is 5. The van der Waals surface area contributed by atoms with Gasteiger partial charge in [0.25, 0.3) is 0 Å². The van der Waals surface area contributed by atoms with E-state index in [1.54, 1.807) is 0 Å². The Hall–Kier alpha value is -1.12. The lowest BCUT2D eigenvalue weighted by molar-refractivity contribution is -0.383. The summed E-state index contributed by atoms with van der Waals surface area (Å²) >= 11 is 0. The van der Waals surface area contributed by atoms with Gasteiger partial charge in [-0.3, -0.25) is 4.79 Å². The number of carbonyl (C=O) groups excluding carboxylic acids is 1. The van der Waals surface area contributed by atoms with Gasteiger partial charge in [-0.1, -0.05) is 19.4 Å². The Morgan fingerprint density at radius 1 is 0.871 bits per heavy atom. The number of hydrogen-bond donors (Lipinski definition) is 1. The molecule has 9 heteroatoms. The van der Waals surface area contributed by atoms with Gasteiger partial charge >= 0.3 is 18.0 Å². The molecule has 4 aliphatic carbocycles. The standard InChI is InChI=1S/C22H27F7O2/c1-17-9-10-19(31,20(23,24)21(25,26)22(27,28)29)11-12(17)3-4-13-14-5-6-16(30)18(14,2)8-7-15(13)17/h11,13-15,31H,3-10H2,1-2H3/t13-,14-,15-,17-,18-,19-/m0/s1. The molecule has 0 spiro atoms. The quantitative estimate of drug-likeness (QED) is 0.404. The maximum absolute atomic E-state index is 14.5. The largest absolute Gasteiger partial charge is 0.460 e. The Labute approximate surface area is 176 Å². The second-order valence-corrected chi connectivity index (χ2v) is 10.5. The predicted molar refractivity (Wildman–Crippen MR) is 97.6 cm³/mol. The van der Waals surface area contributed by atoms with E-state index in [9.17, 15) is 40.6 Å². The van der Waals surface area contributed by atoms with E-state index in [-0.39, 0.29) is 36.4 Å². The topological polar surface area (TPSA) is 37.3 Å². The van der Waals surface area contributed by atoms with Crippen LogP contribution in [0.3, 0.4) is 0 Å². The highest BCUT2D eigenvalue weighted by molar-refractivity contribution is 5.87. The summed E-state index contributed by atoms with van der Waals surface area (Å²) in [6.45, 7) is 3.82. The highest BCUT2D eigenvalue weighted by atomic mass is 19.4. The number of allylic oxidation sites excluding steroid dienone is 1. The Kier molecular flexibility index (Phi) is 4.82. The molecule has 1 N–H and O–H groups in total. The zero-order valence-corrected chi connectivity index (χ0v) is 17.5. The summed E-state index contributed by atoms with van der Waals surface area (Å²) < 4.78 is 94.3. The first kappa shape index (κ1) is 23.1. The van der Waals surface area contributed by atoms with Crippen molar-refractivity contribution in [1.82, 2.24) is 0 Å². The Morgan fingerprint density at radius 2 is 1.48 bits per heavy atom. The number of ketones is 1. The molecule has 4 rings (SSSR count). The second-order valence-electron chi connectivity index (χ2n) is 10.5. The number of alkyl halides is 7. The molecule has 0 aromatic carbocycles. The molecule has 0 saturated heterocycles. The predicted octanol–water partition coefficient (Wildman–Crippen LogP) is 6.08. The second kappa shape index (κ2) is 6.48. The minimum absolute atomic E-state index is 0.0257. The van der Waals surface area contributed by atoms with Crippen molar-refractivity contribution in [2.45, 2.75) is 88.8 Å². The third-order valence-electron chi connectivity index (χ3n) is 9.18. The lowest BCUT2D eigenvalue weighted by atomic mass is 9.46. The number of aliphatic hydroxyl groups is 1. The fourth-order valence-electron chi connectivity index (χ4n) is 7.19. The van der Waals surface area contributed by atoms with Crippen LogP contribution in [0.25, 0.3) is 0 Å². The minimum Gasteiger partial charge on any atom is -0.379 e. The van der Waals surface area contributed by atoms with Crippen LogP contribution in [0, 0.1) is 28.6 Å². The Bertz CT molecular complexity index is 819. The molecule has 0 bridgehead atoms. The lowest BCUT2D eigenvalue weighted by Crippen LogP contribution is -2.65. The monoisotopic (exact) mass is 456 g/mol. The molecule has 0 heterocycles. The summed E-state index contributed by atoms with van der Waals surface area (Å²) in [5.41, 5.74) is -4.28. The summed E-state index contributed by atoms with van der Waals surface area (Å²) in [5, 5.41) is 10.4. The third kappa shape index (κ3) is 2.83. The van der Waals surface area contributed by atoms with Gasteiger partial charge in [0, 0.05) is 11.8 Å². The third-order valence-corrected chi connectivity index (χ3v) is 9.18. The van der Waals surface area contributed by atoms with Crippen LogP contribution in [0.1, 0.15) is 65.2 Å². The van der Waals surface area contributed by atoms with Gasteiger partial charge in [0.05, 0.1) is 0 Å². The fourth-order valence-corrected chi connectivity index (χ4v) is 7.19. The van der Waals surface area contributed by atoms with Crippen molar-refractivity contribution in [3.05, 3.63) is 11.6 Å². The molecule has 0 radical (unpaired) electrons. The zero-order chi connectivity index (χ0) is 23.3. The number of hydrogen-bond acceptors (Lipinski definition) is 2. The molecule has 0 aliphatic heterocycles.